The quantitative estimate of drug-likeness (QED) is 0.417. The number of carbonyl (C=O) groups is 1. The molecule has 8 nitrogen and oxygen atoms in total. The smallest absolute Gasteiger partial charge is 0.260 e. The molecule has 0 radical (unpaired) electrons. The molecule has 12 heteroatoms. The van der Waals surface area contributed by atoms with E-state index in [2.05, 4.69) is 4.98 Å². The number of benzene rings is 2. The topological polar surface area (TPSA) is 89.0 Å². The molecule has 0 bridgehead atoms. The Morgan fingerprint density at radius 3 is 2.32 bits per heavy atom. The van der Waals surface area contributed by atoms with E-state index in [4.69, 9.17) is 9.47 Å². The van der Waals surface area contributed by atoms with Gasteiger partial charge < -0.3 is 9.47 Å². The second-order valence-corrected chi connectivity index (χ2v) is 12.3. The first-order valence-electron chi connectivity index (χ1n) is 12.1. The van der Waals surface area contributed by atoms with Gasteiger partial charge in [-0.25, -0.2) is 22.2 Å². The molecular formula is C25H27F2N3O5S2. The Balaban J connectivity index is 1.40. The van der Waals surface area contributed by atoms with Gasteiger partial charge in [0.25, 0.3) is 5.91 Å². The molecule has 37 heavy (non-hydrogen) atoms. The average molecular weight is 552 g/mol. The number of likely N-dealkylation sites (N-methyl/N-ethyl adjacent to an activating group) is 1. The highest BCUT2D eigenvalue weighted by Gasteiger charge is 2.29. The van der Waals surface area contributed by atoms with Gasteiger partial charge in [0.05, 0.1) is 28.3 Å². The van der Waals surface area contributed by atoms with Crippen molar-refractivity contribution in [2.24, 2.45) is 0 Å². The summed E-state index contributed by atoms with van der Waals surface area (Å²) in [6, 6.07) is 7.63. The second-order valence-electron chi connectivity index (χ2n) is 9.23. The molecule has 5 rings (SSSR count). The van der Waals surface area contributed by atoms with Crippen LogP contribution >= 0.6 is 11.3 Å². The molecule has 0 spiro atoms. The van der Waals surface area contributed by atoms with Crippen LogP contribution in [0.4, 0.5) is 13.9 Å². The van der Waals surface area contributed by atoms with Crippen molar-refractivity contribution in [3.8, 4) is 0 Å². The van der Waals surface area contributed by atoms with Crippen molar-refractivity contribution in [2.45, 2.75) is 42.8 Å². The highest BCUT2D eigenvalue weighted by atomic mass is 32.2. The average Bonchev–Trinajstić information content (AvgIpc) is 3.64. The summed E-state index contributed by atoms with van der Waals surface area (Å²) in [6.07, 6.45) is 3.00. The number of hydrogen-bond donors (Lipinski definition) is 0. The zero-order valence-electron chi connectivity index (χ0n) is 20.2. The van der Waals surface area contributed by atoms with Gasteiger partial charge in [-0.15, -0.1) is 0 Å². The van der Waals surface area contributed by atoms with Crippen LogP contribution in [-0.4, -0.2) is 69.2 Å². The van der Waals surface area contributed by atoms with E-state index in [1.54, 1.807) is 0 Å². The third-order valence-corrected chi connectivity index (χ3v) is 9.45. The Labute approximate surface area is 217 Å². The van der Waals surface area contributed by atoms with Gasteiger partial charge in [0.2, 0.25) is 10.0 Å². The normalized spacial score (nSPS) is 20.2. The van der Waals surface area contributed by atoms with Crippen molar-refractivity contribution >= 4 is 42.6 Å². The predicted octanol–water partition coefficient (Wildman–Crippen LogP) is 4.20. The summed E-state index contributed by atoms with van der Waals surface area (Å²) in [7, 11) is -2.26. The standard InChI is InChI=1S/C25H27F2N3O5S2/c1-29(14-18-4-2-10-34-18)37(32,33)20-8-6-16(7-9-20)24(31)30(15-19-5-3-11-35-19)25-28-23-21(27)12-17(26)13-22(23)36-25/h6-9,12-13,18-19H,2-5,10-11,14-15H2,1H3. The number of aromatic nitrogens is 1. The summed E-state index contributed by atoms with van der Waals surface area (Å²) in [6.45, 7) is 1.66. The van der Waals surface area contributed by atoms with Gasteiger partial charge in [0.1, 0.15) is 11.3 Å². The number of fused-ring (bicyclic) bond motifs is 1. The van der Waals surface area contributed by atoms with Crippen LogP contribution in [0.25, 0.3) is 10.2 Å². The first-order chi connectivity index (χ1) is 17.7. The lowest BCUT2D eigenvalue weighted by atomic mass is 10.2. The molecule has 2 aliphatic rings. The highest BCUT2D eigenvalue weighted by molar-refractivity contribution is 7.89. The summed E-state index contributed by atoms with van der Waals surface area (Å²) in [5, 5.41) is 0.216. The number of sulfonamides is 1. The summed E-state index contributed by atoms with van der Waals surface area (Å²) in [4.78, 5) is 19.3. The number of rotatable bonds is 8. The Morgan fingerprint density at radius 1 is 1.05 bits per heavy atom. The number of amides is 1. The van der Waals surface area contributed by atoms with Crippen LogP contribution < -0.4 is 4.90 Å². The van der Waals surface area contributed by atoms with Crippen LogP contribution in [0.5, 0.6) is 0 Å². The third-order valence-electron chi connectivity index (χ3n) is 6.58. The lowest BCUT2D eigenvalue weighted by Gasteiger charge is -2.23. The molecule has 2 aliphatic heterocycles. The molecule has 198 valence electrons. The SMILES string of the molecule is CN(CC1CCCO1)S(=O)(=O)c1ccc(C(=O)N(CC2CCCO2)c2nc3c(F)cc(F)cc3s2)cc1. The molecule has 1 aromatic heterocycles. The second kappa shape index (κ2) is 10.7. The molecule has 2 atom stereocenters. The molecule has 3 aromatic rings. The lowest BCUT2D eigenvalue weighted by molar-refractivity contribution is 0.0917. The van der Waals surface area contributed by atoms with Crippen molar-refractivity contribution in [3.63, 3.8) is 0 Å². The van der Waals surface area contributed by atoms with E-state index in [1.165, 1.54) is 46.6 Å². The van der Waals surface area contributed by atoms with E-state index in [-0.39, 0.29) is 51.1 Å². The fourth-order valence-electron chi connectivity index (χ4n) is 4.58. The molecule has 0 saturated carbocycles. The minimum atomic E-state index is -3.77. The van der Waals surface area contributed by atoms with Crippen molar-refractivity contribution in [1.82, 2.24) is 9.29 Å². The van der Waals surface area contributed by atoms with E-state index in [1.807, 2.05) is 0 Å². The van der Waals surface area contributed by atoms with Crippen LogP contribution in [-0.2, 0) is 19.5 Å². The zero-order chi connectivity index (χ0) is 26.2. The number of halogens is 2. The van der Waals surface area contributed by atoms with Crippen LogP contribution in [0.15, 0.2) is 41.3 Å². The Hall–Kier alpha value is -2.51. The molecule has 3 heterocycles. The molecule has 2 unspecified atom stereocenters. The number of hydrogen-bond acceptors (Lipinski definition) is 7. The van der Waals surface area contributed by atoms with Crippen molar-refractivity contribution in [2.75, 3.05) is 38.3 Å². The number of ether oxygens (including phenoxy) is 2. The minimum absolute atomic E-state index is 0.0118. The molecular weight excluding hydrogens is 524 g/mol. The van der Waals surface area contributed by atoms with Gasteiger partial charge in [-0.05, 0) is 56.0 Å². The maximum absolute atomic E-state index is 14.3. The van der Waals surface area contributed by atoms with Crippen LogP contribution in [0, 0.1) is 11.6 Å². The van der Waals surface area contributed by atoms with Gasteiger partial charge in [0.15, 0.2) is 10.9 Å². The molecule has 2 saturated heterocycles. The minimum Gasteiger partial charge on any atom is -0.377 e. The van der Waals surface area contributed by atoms with E-state index in [0.29, 0.717) is 13.2 Å². The lowest BCUT2D eigenvalue weighted by Crippen LogP contribution is -2.37. The number of carbonyl (C=O) groups excluding carboxylic acids is 1. The Morgan fingerprint density at radius 2 is 1.70 bits per heavy atom. The third kappa shape index (κ3) is 5.53. The first-order valence-corrected chi connectivity index (χ1v) is 14.3. The van der Waals surface area contributed by atoms with E-state index in [9.17, 15) is 22.0 Å². The maximum atomic E-state index is 14.3. The Kier molecular flexibility index (Phi) is 7.55. The fraction of sp³-hybridized carbons (Fsp3) is 0.440. The zero-order valence-corrected chi connectivity index (χ0v) is 21.9. The number of anilines is 1. The molecule has 1 amide bonds. The van der Waals surface area contributed by atoms with E-state index in [0.717, 1.165) is 43.1 Å². The fourth-order valence-corrected chi connectivity index (χ4v) is 6.79. The van der Waals surface area contributed by atoms with Crippen molar-refractivity contribution in [3.05, 3.63) is 53.6 Å². The van der Waals surface area contributed by atoms with Crippen molar-refractivity contribution in [1.29, 1.82) is 0 Å². The van der Waals surface area contributed by atoms with Gasteiger partial charge in [-0.2, -0.15) is 4.31 Å². The molecule has 0 N–H and O–H groups in total. The summed E-state index contributed by atoms with van der Waals surface area (Å²) < 4.78 is 66.9. The highest BCUT2D eigenvalue weighted by Crippen LogP contribution is 2.33. The van der Waals surface area contributed by atoms with Gasteiger partial charge in [0, 0.05) is 38.4 Å². The van der Waals surface area contributed by atoms with Crippen LogP contribution in [0.3, 0.4) is 0 Å². The molecule has 0 aliphatic carbocycles. The van der Waals surface area contributed by atoms with E-state index < -0.39 is 27.6 Å². The number of thiazole rings is 1. The number of nitrogens with zero attached hydrogens (tertiary/aromatic N) is 3. The van der Waals surface area contributed by atoms with Crippen LogP contribution in [0.1, 0.15) is 36.0 Å². The maximum Gasteiger partial charge on any atom is 0.260 e. The van der Waals surface area contributed by atoms with Gasteiger partial charge in [-0.1, -0.05) is 11.3 Å². The largest absolute Gasteiger partial charge is 0.377 e. The summed E-state index contributed by atoms with van der Waals surface area (Å²) >= 11 is 1.01. The van der Waals surface area contributed by atoms with E-state index >= 15 is 0 Å². The van der Waals surface area contributed by atoms with Gasteiger partial charge in [-0.3, -0.25) is 9.69 Å². The molecule has 2 fully saturated rings. The van der Waals surface area contributed by atoms with Crippen molar-refractivity contribution < 1.29 is 31.5 Å². The Bertz CT molecular complexity index is 1390. The monoisotopic (exact) mass is 551 g/mol. The van der Waals surface area contributed by atoms with Crippen LogP contribution in [0.2, 0.25) is 0 Å². The summed E-state index contributed by atoms with van der Waals surface area (Å²) in [5.41, 5.74) is 0.229. The first kappa shape index (κ1) is 26.1. The van der Waals surface area contributed by atoms with Gasteiger partial charge >= 0.3 is 0 Å². The predicted molar refractivity (Wildman–Crippen MR) is 135 cm³/mol. The summed E-state index contributed by atoms with van der Waals surface area (Å²) in [5.74, 6) is -1.96. The molecule has 2 aromatic carbocycles.